The zero-order valence-electron chi connectivity index (χ0n) is 12.1. The Morgan fingerprint density at radius 2 is 2.13 bits per heavy atom. The van der Waals surface area contributed by atoms with Crippen LogP contribution in [-0.2, 0) is 0 Å². The van der Waals surface area contributed by atoms with Crippen molar-refractivity contribution in [3.8, 4) is 11.5 Å². The van der Waals surface area contributed by atoms with Gasteiger partial charge in [0.05, 0.1) is 18.0 Å². The van der Waals surface area contributed by atoms with Gasteiger partial charge in [0, 0.05) is 12.6 Å². The number of hydrogen-bond donors (Lipinski definition) is 3. The number of nitrogens with zero attached hydrogens (tertiary/aromatic N) is 1. The number of carbonyl (C=O) groups excluding carboxylic acids is 1. The van der Waals surface area contributed by atoms with Gasteiger partial charge in [0.15, 0.2) is 5.76 Å². The highest BCUT2D eigenvalue weighted by atomic mass is 19.1. The van der Waals surface area contributed by atoms with Gasteiger partial charge in [-0.1, -0.05) is 12.1 Å². The molecule has 7 heteroatoms. The van der Waals surface area contributed by atoms with Crippen molar-refractivity contribution in [2.75, 3.05) is 6.54 Å². The Labute approximate surface area is 131 Å². The molecule has 3 aromatic rings. The molecule has 1 amide bonds. The molecule has 0 aliphatic carbocycles. The SMILES string of the molecule is NC(CNC(=O)c1cn[nH]c1-c1ccco1)c1ccc(F)cc1. The van der Waals surface area contributed by atoms with Crippen molar-refractivity contribution >= 4 is 5.91 Å². The van der Waals surface area contributed by atoms with Crippen molar-refractivity contribution in [2.45, 2.75) is 6.04 Å². The molecule has 0 saturated heterocycles. The minimum Gasteiger partial charge on any atom is -0.463 e. The Morgan fingerprint density at radius 3 is 2.83 bits per heavy atom. The second-order valence-corrected chi connectivity index (χ2v) is 5.00. The van der Waals surface area contributed by atoms with E-state index in [2.05, 4.69) is 15.5 Å². The Morgan fingerprint density at radius 1 is 1.35 bits per heavy atom. The van der Waals surface area contributed by atoms with Crippen molar-refractivity contribution in [3.05, 3.63) is 65.8 Å². The van der Waals surface area contributed by atoms with Crippen LogP contribution in [0, 0.1) is 5.82 Å². The summed E-state index contributed by atoms with van der Waals surface area (Å²) >= 11 is 0. The van der Waals surface area contributed by atoms with Crippen LogP contribution in [0.4, 0.5) is 4.39 Å². The Balaban J connectivity index is 1.66. The average Bonchev–Trinajstić information content (AvgIpc) is 3.23. The number of nitrogens with one attached hydrogen (secondary N) is 2. The number of rotatable bonds is 5. The number of furan rings is 1. The van der Waals surface area contributed by atoms with Crippen LogP contribution < -0.4 is 11.1 Å². The molecule has 0 bridgehead atoms. The highest BCUT2D eigenvalue weighted by Gasteiger charge is 2.17. The monoisotopic (exact) mass is 314 g/mol. The van der Waals surface area contributed by atoms with E-state index in [1.54, 1.807) is 24.3 Å². The Kier molecular flexibility index (Phi) is 4.20. The van der Waals surface area contributed by atoms with E-state index < -0.39 is 6.04 Å². The topological polar surface area (TPSA) is 96.9 Å². The molecule has 0 aliphatic rings. The summed E-state index contributed by atoms with van der Waals surface area (Å²) in [6.45, 7) is 0.216. The molecule has 23 heavy (non-hydrogen) atoms. The van der Waals surface area contributed by atoms with Gasteiger partial charge in [0.1, 0.15) is 11.5 Å². The third-order valence-corrected chi connectivity index (χ3v) is 3.43. The molecule has 0 aliphatic heterocycles. The van der Waals surface area contributed by atoms with Gasteiger partial charge in [-0.25, -0.2) is 4.39 Å². The summed E-state index contributed by atoms with van der Waals surface area (Å²) in [7, 11) is 0. The lowest BCUT2D eigenvalue weighted by molar-refractivity contribution is 0.0951. The average molecular weight is 314 g/mol. The number of amides is 1. The maximum absolute atomic E-state index is 12.9. The molecule has 0 saturated carbocycles. The van der Waals surface area contributed by atoms with Crippen molar-refractivity contribution in [1.82, 2.24) is 15.5 Å². The number of H-pyrrole nitrogens is 1. The van der Waals surface area contributed by atoms with Gasteiger partial charge in [-0.3, -0.25) is 9.89 Å². The second-order valence-electron chi connectivity index (χ2n) is 5.00. The van der Waals surface area contributed by atoms with E-state index in [4.69, 9.17) is 10.2 Å². The van der Waals surface area contributed by atoms with Gasteiger partial charge in [-0.2, -0.15) is 5.10 Å². The largest absolute Gasteiger partial charge is 0.463 e. The third-order valence-electron chi connectivity index (χ3n) is 3.43. The number of benzene rings is 1. The van der Waals surface area contributed by atoms with Crippen LogP contribution in [0.15, 0.2) is 53.3 Å². The number of nitrogens with two attached hydrogens (primary N) is 1. The van der Waals surface area contributed by atoms with E-state index in [1.807, 2.05) is 0 Å². The van der Waals surface area contributed by atoms with Crippen molar-refractivity contribution in [3.63, 3.8) is 0 Å². The lowest BCUT2D eigenvalue weighted by atomic mass is 10.1. The molecule has 2 heterocycles. The molecule has 0 radical (unpaired) electrons. The zero-order valence-corrected chi connectivity index (χ0v) is 12.1. The molecule has 0 fully saturated rings. The predicted molar refractivity (Wildman–Crippen MR) is 82.0 cm³/mol. The smallest absolute Gasteiger partial charge is 0.255 e. The molecule has 1 aromatic carbocycles. The van der Waals surface area contributed by atoms with Gasteiger partial charge in [-0.05, 0) is 29.8 Å². The van der Waals surface area contributed by atoms with E-state index >= 15 is 0 Å². The summed E-state index contributed by atoms with van der Waals surface area (Å²) < 4.78 is 18.2. The van der Waals surface area contributed by atoms with E-state index in [1.165, 1.54) is 24.6 Å². The summed E-state index contributed by atoms with van der Waals surface area (Å²) in [5.74, 6) is -0.121. The van der Waals surface area contributed by atoms with Crippen LogP contribution in [0.3, 0.4) is 0 Å². The third kappa shape index (κ3) is 3.29. The molecular formula is C16H15FN4O2. The molecule has 4 N–H and O–H groups in total. The van der Waals surface area contributed by atoms with Gasteiger partial charge in [0.2, 0.25) is 0 Å². The predicted octanol–water partition coefficient (Wildman–Crippen LogP) is 2.24. The minimum absolute atomic E-state index is 0.216. The minimum atomic E-state index is -0.432. The highest BCUT2D eigenvalue weighted by Crippen LogP contribution is 2.21. The second kappa shape index (κ2) is 6.45. The molecule has 118 valence electrons. The number of aromatic amines is 1. The maximum Gasteiger partial charge on any atom is 0.255 e. The van der Waals surface area contributed by atoms with Gasteiger partial charge in [-0.15, -0.1) is 0 Å². The lowest BCUT2D eigenvalue weighted by Gasteiger charge is -2.13. The van der Waals surface area contributed by atoms with Crippen molar-refractivity contribution in [1.29, 1.82) is 0 Å². The zero-order chi connectivity index (χ0) is 16.2. The lowest BCUT2D eigenvalue weighted by Crippen LogP contribution is -2.32. The molecule has 1 unspecified atom stereocenters. The summed E-state index contributed by atoms with van der Waals surface area (Å²) in [5.41, 5.74) is 7.61. The van der Waals surface area contributed by atoms with Crippen LogP contribution in [0.1, 0.15) is 22.0 Å². The van der Waals surface area contributed by atoms with Crippen LogP contribution in [0.2, 0.25) is 0 Å². The van der Waals surface area contributed by atoms with Crippen LogP contribution >= 0.6 is 0 Å². The van der Waals surface area contributed by atoms with Crippen LogP contribution in [0.5, 0.6) is 0 Å². The molecule has 0 spiro atoms. The normalized spacial score (nSPS) is 12.1. The molecule has 1 atom stereocenters. The number of halogens is 1. The molecule has 2 aromatic heterocycles. The molecule has 3 rings (SSSR count). The highest BCUT2D eigenvalue weighted by molar-refractivity contribution is 5.99. The fraction of sp³-hybridized carbons (Fsp3) is 0.125. The van der Waals surface area contributed by atoms with E-state index in [-0.39, 0.29) is 18.3 Å². The Bertz CT molecular complexity index is 781. The summed E-state index contributed by atoms with van der Waals surface area (Å²) in [5, 5.41) is 9.35. The van der Waals surface area contributed by atoms with Crippen LogP contribution in [-0.4, -0.2) is 22.6 Å². The summed E-state index contributed by atoms with van der Waals surface area (Å²) in [4.78, 5) is 12.3. The number of aromatic nitrogens is 2. The maximum atomic E-state index is 12.9. The molecule has 6 nitrogen and oxygen atoms in total. The number of hydrogen-bond acceptors (Lipinski definition) is 4. The van der Waals surface area contributed by atoms with Gasteiger partial charge >= 0.3 is 0 Å². The first-order chi connectivity index (χ1) is 11.1. The summed E-state index contributed by atoms with van der Waals surface area (Å²) in [6, 6.07) is 8.89. The van der Waals surface area contributed by atoms with E-state index in [0.29, 0.717) is 17.0 Å². The quantitative estimate of drug-likeness (QED) is 0.673. The Hall–Kier alpha value is -2.93. The summed E-state index contributed by atoms with van der Waals surface area (Å²) in [6.07, 6.45) is 2.94. The van der Waals surface area contributed by atoms with E-state index in [9.17, 15) is 9.18 Å². The standard InChI is InChI=1S/C16H15FN4O2/c17-11-5-3-10(4-6-11)13(18)9-19-16(22)12-8-20-21-15(12)14-2-1-7-23-14/h1-8,13H,9,18H2,(H,19,22)(H,20,21). The van der Waals surface area contributed by atoms with Gasteiger partial charge in [0.25, 0.3) is 5.91 Å². The fourth-order valence-corrected chi connectivity index (χ4v) is 2.19. The first kappa shape index (κ1) is 15.0. The van der Waals surface area contributed by atoms with E-state index in [0.717, 1.165) is 5.56 Å². The first-order valence-corrected chi connectivity index (χ1v) is 7.01. The molecular weight excluding hydrogens is 299 g/mol. The first-order valence-electron chi connectivity index (χ1n) is 7.01. The van der Waals surface area contributed by atoms with Gasteiger partial charge < -0.3 is 15.5 Å². The van der Waals surface area contributed by atoms with Crippen molar-refractivity contribution < 1.29 is 13.6 Å². The number of carbonyl (C=O) groups is 1. The van der Waals surface area contributed by atoms with Crippen molar-refractivity contribution in [2.24, 2.45) is 5.73 Å². The van der Waals surface area contributed by atoms with Crippen LogP contribution in [0.25, 0.3) is 11.5 Å². The fourth-order valence-electron chi connectivity index (χ4n) is 2.19.